The Morgan fingerprint density at radius 1 is 0.727 bits per heavy atom. The van der Waals surface area contributed by atoms with Crippen molar-refractivity contribution < 1.29 is 33.4 Å². The van der Waals surface area contributed by atoms with Crippen LogP contribution in [0.15, 0.2) is 60.7 Å². The van der Waals surface area contributed by atoms with Crippen molar-refractivity contribution in [2.45, 2.75) is 84.0 Å². The first-order valence-corrected chi connectivity index (χ1v) is 23.1. The molecule has 0 bridgehead atoms. The van der Waals surface area contributed by atoms with Gasteiger partial charge in [0.1, 0.15) is 23.7 Å². The average molecular weight is 895 g/mol. The highest BCUT2D eigenvalue weighted by Crippen LogP contribution is 2.39. The van der Waals surface area contributed by atoms with Crippen LogP contribution in [0.1, 0.15) is 83.5 Å². The number of imidazole rings is 2. The van der Waals surface area contributed by atoms with Crippen LogP contribution in [0.4, 0.5) is 9.59 Å². The van der Waals surface area contributed by atoms with E-state index in [1.165, 1.54) is 33.5 Å². The topological polar surface area (TPSA) is 184 Å². The first kappa shape index (κ1) is 44.5. The molecule has 5 atom stereocenters. The number of methoxy groups -OCH3 is 2. The molecule has 4 heterocycles. The number of likely N-dealkylation sites (tertiary alicyclic amines) is 1. The Labute approximate surface area is 383 Å². The molecule has 15 nitrogen and oxygen atoms in total. The molecule has 4 aromatic carbocycles. The van der Waals surface area contributed by atoms with Crippen LogP contribution in [0.25, 0.3) is 54.7 Å². The molecule has 0 unspecified atom stereocenters. The molecule has 4 N–H and O–H groups in total. The van der Waals surface area contributed by atoms with Crippen LogP contribution in [0.3, 0.4) is 0 Å². The molecule has 2 aliphatic heterocycles. The molecule has 6 aromatic rings. The standard InChI is InChI=1S/C51H58N8O7/c1-28(2)42(56-50(62)64-5)48(60)58-21-8-7-12-40(58)46-52-38-19-15-34-23-32(13-17-36(34)44(38)54-46)33-14-18-37-35(24-33)16-20-39-45(37)55-47(53-39)41-22-31(27-66-26-30-10-9-11-30)25-59(41)49(61)43(29(3)4)57-51(63)65-6/h13-20,23-24,28-31,40-43H,8-11,21-22,25-27H2,1-6H3,(H,52,54)(H,53,55)(H,56,62)(H,57,63)/t31-,40+,41+,42+,43+/m1/s1. The van der Waals surface area contributed by atoms with Gasteiger partial charge in [-0.25, -0.2) is 19.6 Å². The van der Waals surface area contributed by atoms with Gasteiger partial charge in [-0.2, -0.15) is 0 Å². The molecular formula is C51H58N8O7. The number of aromatic nitrogens is 4. The lowest BCUT2D eigenvalue weighted by atomic mass is 9.86. The Hall–Kier alpha value is -6.66. The average Bonchev–Trinajstić information content (AvgIpc) is 4.07. The van der Waals surface area contributed by atoms with Crippen molar-refractivity contribution in [1.82, 2.24) is 40.4 Å². The van der Waals surface area contributed by atoms with Crippen molar-refractivity contribution in [3.8, 4) is 23.0 Å². The van der Waals surface area contributed by atoms with E-state index in [-0.39, 0.29) is 35.6 Å². The Bertz CT molecular complexity index is 2890. The van der Waals surface area contributed by atoms with Gasteiger partial charge in [0.2, 0.25) is 11.8 Å². The maximum Gasteiger partial charge on any atom is 0.407 e. The van der Waals surface area contributed by atoms with Gasteiger partial charge in [-0.05, 0) is 83.2 Å². The van der Waals surface area contributed by atoms with Gasteiger partial charge in [-0.3, -0.25) is 9.59 Å². The highest BCUT2D eigenvalue weighted by molar-refractivity contribution is 6.07. The second kappa shape index (κ2) is 18.7. The molecule has 344 valence electrons. The summed E-state index contributed by atoms with van der Waals surface area (Å²) in [7, 11) is 2.58. The number of hydrogen-bond acceptors (Lipinski definition) is 9. The molecule has 0 radical (unpaired) electrons. The molecular weight excluding hydrogens is 837 g/mol. The lowest BCUT2D eigenvalue weighted by Gasteiger charge is -2.33. The van der Waals surface area contributed by atoms with E-state index in [0.717, 1.165) is 61.3 Å². The van der Waals surface area contributed by atoms with Gasteiger partial charge in [-0.15, -0.1) is 0 Å². The summed E-state index contributed by atoms with van der Waals surface area (Å²) in [5.41, 5.74) is 5.42. The lowest BCUT2D eigenvalue weighted by molar-refractivity contribution is -0.136. The maximum atomic E-state index is 14.3. The largest absolute Gasteiger partial charge is 0.453 e. The molecule has 2 fully saturated rings. The van der Waals surface area contributed by atoms with Crippen LogP contribution < -0.4 is 10.6 Å². The molecule has 3 aliphatic rings. The zero-order chi connectivity index (χ0) is 46.2. The number of fused-ring (bicyclic) bond motifs is 6. The first-order valence-electron chi connectivity index (χ1n) is 23.1. The van der Waals surface area contributed by atoms with E-state index in [4.69, 9.17) is 24.2 Å². The number of carbonyl (C=O) groups excluding carboxylic acids is 4. The molecule has 1 saturated carbocycles. The number of H-pyrrole nitrogens is 2. The van der Waals surface area contributed by atoms with Crippen LogP contribution in [-0.2, 0) is 23.8 Å². The van der Waals surface area contributed by atoms with E-state index in [0.29, 0.717) is 50.1 Å². The number of aromatic amines is 2. The van der Waals surface area contributed by atoms with Crippen molar-refractivity contribution in [2.24, 2.45) is 23.7 Å². The fourth-order valence-corrected chi connectivity index (χ4v) is 9.66. The van der Waals surface area contributed by atoms with Gasteiger partial charge in [0.05, 0.1) is 48.9 Å². The lowest BCUT2D eigenvalue weighted by Crippen LogP contribution is -2.52. The van der Waals surface area contributed by atoms with Gasteiger partial charge < -0.3 is 44.6 Å². The Kier molecular flexibility index (Phi) is 12.6. The van der Waals surface area contributed by atoms with Crippen molar-refractivity contribution in [1.29, 1.82) is 0 Å². The number of alkyl carbamates (subject to hydrolysis) is 2. The summed E-state index contributed by atoms with van der Waals surface area (Å²) in [6, 6.07) is 18.5. The van der Waals surface area contributed by atoms with Crippen molar-refractivity contribution in [3.63, 3.8) is 0 Å². The van der Waals surface area contributed by atoms with Gasteiger partial charge in [0, 0.05) is 42.8 Å². The molecule has 0 spiro atoms. The number of carbonyl (C=O) groups is 4. The fraction of sp³-hybridized carbons (Fsp3) is 0.451. The summed E-state index contributed by atoms with van der Waals surface area (Å²) in [5, 5.41) is 9.47. The minimum absolute atomic E-state index is 0.124. The number of nitrogens with one attached hydrogen (secondary N) is 4. The van der Waals surface area contributed by atoms with Gasteiger partial charge >= 0.3 is 12.2 Å². The van der Waals surface area contributed by atoms with E-state index >= 15 is 0 Å². The summed E-state index contributed by atoms with van der Waals surface area (Å²) in [6.45, 7) is 9.83. The summed E-state index contributed by atoms with van der Waals surface area (Å²) >= 11 is 0. The zero-order valence-electron chi connectivity index (χ0n) is 38.4. The van der Waals surface area contributed by atoms with Crippen molar-refractivity contribution in [2.75, 3.05) is 40.5 Å². The van der Waals surface area contributed by atoms with Crippen molar-refractivity contribution >= 4 is 67.6 Å². The number of benzene rings is 4. The van der Waals surface area contributed by atoms with E-state index in [2.05, 4.69) is 81.0 Å². The predicted octanol–water partition coefficient (Wildman–Crippen LogP) is 8.16. The van der Waals surface area contributed by atoms with E-state index in [1.54, 1.807) is 4.90 Å². The Morgan fingerprint density at radius 3 is 1.82 bits per heavy atom. The monoisotopic (exact) mass is 894 g/mol. The smallest absolute Gasteiger partial charge is 0.407 e. The highest BCUT2D eigenvalue weighted by atomic mass is 16.5. The molecule has 1 aliphatic carbocycles. The zero-order valence-corrected chi connectivity index (χ0v) is 38.4. The van der Waals surface area contributed by atoms with E-state index < -0.39 is 30.3 Å². The highest BCUT2D eigenvalue weighted by Gasteiger charge is 2.42. The van der Waals surface area contributed by atoms with Crippen molar-refractivity contribution in [3.05, 3.63) is 72.3 Å². The van der Waals surface area contributed by atoms with Crippen LogP contribution in [0, 0.1) is 35.5 Å². The molecule has 9 rings (SSSR count). The SMILES string of the molecule is COC(=O)N[C@H](C(=O)N1CCC#C[C@H]1c1nc2c(ccc3cc(-c4ccc5c(ccc6[nH]c([C@@H]7C[C@@H](COCC8CCC8)CN7C(=O)[C@@H](NC(=O)OC)C(C)C)nc65)c4)ccc32)[nH]1)C(C)C. The maximum absolute atomic E-state index is 14.3. The van der Waals surface area contributed by atoms with Crippen LogP contribution in [0.2, 0.25) is 0 Å². The first-order chi connectivity index (χ1) is 31.9. The number of ether oxygens (including phenoxy) is 3. The second-order valence-electron chi connectivity index (χ2n) is 18.7. The fourth-order valence-electron chi connectivity index (χ4n) is 9.66. The quantitative estimate of drug-likeness (QED) is 0.0831. The Morgan fingerprint density at radius 2 is 1.27 bits per heavy atom. The van der Waals surface area contributed by atoms with Gasteiger partial charge in [-0.1, -0.05) is 82.4 Å². The van der Waals surface area contributed by atoms with Crippen LogP contribution in [0.5, 0.6) is 0 Å². The van der Waals surface area contributed by atoms with E-state index in [1.807, 2.05) is 44.7 Å². The summed E-state index contributed by atoms with van der Waals surface area (Å²) in [5.74, 6) is 7.69. The number of nitrogens with zero attached hydrogens (tertiary/aromatic N) is 4. The summed E-state index contributed by atoms with van der Waals surface area (Å²) < 4.78 is 15.9. The van der Waals surface area contributed by atoms with Gasteiger partial charge in [0.25, 0.3) is 0 Å². The third kappa shape index (κ3) is 8.74. The molecule has 4 amide bonds. The van der Waals surface area contributed by atoms with Crippen LogP contribution >= 0.6 is 0 Å². The minimum atomic E-state index is -0.775. The van der Waals surface area contributed by atoms with Crippen LogP contribution in [-0.4, -0.2) is 106 Å². The van der Waals surface area contributed by atoms with Gasteiger partial charge in [0.15, 0.2) is 6.04 Å². The Balaban J connectivity index is 0.979. The number of amides is 4. The molecule has 1 saturated heterocycles. The number of rotatable bonds is 13. The molecule has 2 aromatic heterocycles. The minimum Gasteiger partial charge on any atom is -0.453 e. The summed E-state index contributed by atoms with van der Waals surface area (Å²) in [4.78, 5) is 73.4. The predicted molar refractivity (Wildman–Crippen MR) is 252 cm³/mol. The third-order valence-electron chi connectivity index (χ3n) is 13.6. The molecule has 15 heteroatoms. The summed E-state index contributed by atoms with van der Waals surface area (Å²) in [6.07, 6.45) is 3.60. The normalized spacial score (nSPS) is 19.5. The molecule has 66 heavy (non-hydrogen) atoms. The van der Waals surface area contributed by atoms with E-state index in [9.17, 15) is 19.2 Å². The third-order valence-corrected chi connectivity index (χ3v) is 13.6. The second-order valence-corrected chi connectivity index (χ2v) is 18.7. The number of hydrogen-bond donors (Lipinski definition) is 4.